The van der Waals surface area contributed by atoms with Crippen LogP contribution in [-0.2, 0) is 26.4 Å². The molecule has 0 aliphatic heterocycles. The number of imidazole rings is 1. The summed E-state index contributed by atoms with van der Waals surface area (Å²) in [5.74, 6) is 0. The average molecular weight is 219 g/mol. The van der Waals surface area contributed by atoms with Gasteiger partial charge in [-0.15, -0.1) is 0 Å². The van der Waals surface area contributed by atoms with Crippen molar-refractivity contribution < 1.29 is 0 Å². The summed E-state index contributed by atoms with van der Waals surface area (Å²) in [6, 6.07) is 2.04. The van der Waals surface area contributed by atoms with Gasteiger partial charge < -0.3 is 10.3 Å². The first-order chi connectivity index (χ1) is 7.79. The van der Waals surface area contributed by atoms with E-state index >= 15 is 0 Å². The van der Waals surface area contributed by atoms with Gasteiger partial charge >= 0.3 is 0 Å². The Morgan fingerprint density at radius 3 is 2.94 bits per heavy atom. The van der Waals surface area contributed by atoms with E-state index in [-0.39, 0.29) is 0 Å². The molecule has 5 nitrogen and oxygen atoms in total. The zero-order valence-corrected chi connectivity index (χ0v) is 9.50. The van der Waals surface area contributed by atoms with Gasteiger partial charge in [0.05, 0.1) is 12.0 Å². The third-order valence-corrected chi connectivity index (χ3v) is 2.58. The van der Waals surface area contributed by atoms with Gasteiger partial charge in [0.25, 0.3) is 0 Å². The minimum absolute atomic E-state index is 0.662. The fraction of sp³-hybridized carbons (Fsp3) is 0.455. The van der Waals surface area contributed by atoms with Crippen LogP contribution in [0.15, 0.2) is 24.8 Å². The highest BCUT2D eigenvalue weighted by molar-refractivity contribution is 5.02. The highest BCUT2D eigenvalue weighted by Crippen LogP contribution is 2.03. The Morgan fingerprint density at radius 1 is 1.38 bits per heavy atom. The Bertz CT molecular complexity index is 443. The molecule has 0 amide bonds. The molecule has 0 saturated carbocycles. The Labute approximate surface area is 94.9 Å². The van der Waals surface area contributed by atoms with Gasteiger partial charge in [-0.2, -0.15) is 5.10 Å². The van der Waals surface area contributed by atoms with Gasteiger partial charge in [-0.25, -0.2) is 4.98 Å². The first kappa shape index (κ1) is 10.9. The zero-order chi connectivity index (χ0) is 11.4. The molecule has 86 valence electrons. The Morgan fingerprint density at radius 2 is 2.25 bits per heavy atom. The number of hydrogen-bond donors (Lipinski definition) is 1. The summed E-state index contributed by atoms with van der Waals surface area (Å²) in [4.78, 5) is 4.14. The van der Waals surface area contributed by atoms with Gasteiger partial charge in [-0.1, -0.05) is 0 Å². The third kappa shape index (κ3) is 2.49. The van der Waals surface area contributed by atoms with Crippen molar-refractivity contribution in [2.75, 3.05) is 6.54 Å². The molecule has 16 heavy (non-hydrogen) atoms. The molecule has 2 aromatic rings. The van der Waals surface area contributed by atoms with Crippen LogP contribution in [0.3, 0.4) is 0 Å². The second kappa shape index (κ2) is 4.94. The number of nitrogens with zero attached hydrogens (tertiary/aromatic N) is 4. The number of hydrogen-bond acceptors (Lipinski definition) is 3. The lowest BCUT2D eigenvalue weighted by atomic mass is 10.3. The van der Waals surface area contributed by atoms with E-state index in [1.54, 1.807) is 0 Å². The monoisotopic (exact) mass is 219 g/mol. The molecule has 0 atom stereocenters. The highest BCUT2D eigenvalue weighted by Gasteiger charge is 2.02. The molecule has 0 aromatic carbocycles. The number of aryl methyl sites for hydroxylation is 3. The Kier molecular flexibility index (Phi) is 3.36. The summed E-state index contributed by atoms with van der Waals surface area (Å²) in [6.07, 6.45) is 7.50. The number of rotatable bonds is 5. The van der Waals surface area contributed by atoms with Crippen molar-refractivity contribution in [3.63, 3.8) is 0 Å². The second-order valence-electron chi connectivity index (χ2n) is 3.85. The fourth-order valence-electron chi connectivity index (χ4n) is 1.74. The molecule has 0 spiro atoms. The summed E-state index contributed by atoms with van der Waals surface area (Å²) in [5, 5.41) is 4.34. The van der Waals surface area contributed by atoms with Crippen LogP contribution in [0, 0.1) is 0 Å². The molecule has 0 aliphatic rings. The van der Waals surface area contributed by atoms with Crippen LogP contribution in [0.5, 0.6) is 0 Å². The van der Waals surface area contributed by atoms with Crippen LogP contribution in [-0.4, -0.2) is 25.9 Å². The van der Waals surface area contributed by atoms with Crippen LogP contribution in [0.25, 0.3) is 0 Å². The summed E-state index contributed by atoms with van der Waals surface area (Å²) in [7, 11) is 1.93. The van der Waals surface area contributed by atoms with Gasteiger partial charge in [0.15, 0.2) is 0 Å². The lowest BCUT2D eigenvalue weighted by Gasteiger charge is -2.05. The quantitative estimate of drug-likeness (QED) is 0.790. The van der Waals surface area contributed by atoms with Crippen LogP contribution in [0.2, 0.25) is 0 Å². The molecular formula is C11H17N5. The fourth-order valence-corrected chi connectivity index (χ4v) is 1.74. The molecule has 0 saturated heterocycles. The first-order valence-electron chi connectivity index (χ1n) is 5.47. The van der Waals surface area contributed by atoms with Crippen molar-refractivity contribution in [1.29, 1.82) is 0 Å². The van der Waals surface area contributed by atoms with Crippen molar-refractivity contribution in [3.05, 3.63) is 36.2 Å². The molecular weight excluding hydrogens is 202 g/mol. The summed E-state index contributed by atoms with van der Waals surface area (Å²) >= 11 is 0. The Balaban J connectivity index is 1.96. The second-order valence-corrected chi connectivity index (χ2v) is 3.85. The zero-order valence-electron chi connectivity index (χ0n) is 9.50. The maximum Gasteiger partial charge on any atom is 0.0948 e. The lowest BCUT2D eigenvalue weighted by Crippen LogP contribution is -2.10. The maximum atomic E-state index is 5.54. The summed E-state index contributed by atoms with van der Waals surface area (Å²) in [6.45, 7) is 1.57. The van der Waals surface area contributed by atoms with E-state index in [9.17, 15) is 0 Å². The molecule has 0 fully saturated rings. The molecule has 2 aromatic heterocycles. The van der Waals surface area contributed by atoms with Crippen molar-refractivity contribution in [1.82, 2.24) is 19.3 Å². The predicted octanol–water partition coefficient (Wildman–Crippen LogP) is 0.360. The molecule has 2 rings (SSSR count). The smallest absolute Gasteiger partial charge is 0.0948 e. The predicted molar refractivity (Wildman–Crippen MR) is 61.9 cm³/mol. The van der Waals surface area contributed by atoms with Gasteiger partial charge in [0.2, 0.25) is 0 Å². The van der Waals surface area contributed by atoms with Crippen LogP contribution in [0.1, 0.15) is 11.4 Å². The number of nitrogens with two attached hydrogens (primary N) is 1. The van der Waals surface area contributed by atoms with E-state index in [0.29, 0.717) is 6.54 Å². The van der Waals surface area contributed by atoms with Crippen molar-refractivity contribution >= 4 is 0 Å². The molecule has 2 heterocycles. The lowest BCUT2D eigenvalue weighted by molar-refractivity contribution is 0.638. The minimum atomic E-state index is 0.662. The molecule has 5 heteroatoms. The van der Waals surface area contributed by atoms with E-state index in [1.165, 1.54) is 5.69 Å². The van der Waals surface area contributed by atoms with Crippen LogP contribution >= 0.6 is 0 Å². The highest BCUT2D eigenvalue weighted by atomic mass is 15.2. The molecule has 2 N–H and O–H groups in total. The minimum Gasteiger partial charge on any atom is -0.334 e. The topological polar surface area (TPSA) is 61.7 Å². The van der Waals surface area contributed by atoms with E-state index in [4.69, 9.17) is 5.73 Å². The Hall–Kier alpha value is -1.62. The van der Waals surface area contributed by atoms with E-state index in [0.717, 1.165) is 25.1 Å². The molecule has 0 aliphatic carbocycles. The van der Waals surface area contributed by atoms with Crippen molar-refractivity contribution in [3.8, 4) is 0 Å². The van der Waals surface area contributed by atoms with E-state index < -0.39 is 0 Å². The standard InChI is InChI=1S/C11H17N5/c1-15-6-3-10(14-15)4-7-16-9-13-8-11(16)2-5-12/h3,6,8-9H,2,4-5,7,12H2,1H3. The average Bonchev–Trinajstić information content (AvgIpc) is 2.85. The van der Waals surface area contributed by atoms with Crippen molar-refractivity contribution in [2.24, 2.45) is 12.8 Å². The van der Waals surface area contributed by atoms with E-state index in [1.807, 2.05) is 36.5 Å². The van der Waals surface area contributed by atoms with Gasteiger partial charge in [-0.05, 0) is 12.6 Å². The number of aromatic nitrogens is 4. The maximum absolute atomic E-state index is 5.54. The van der Waals surface area contributed by atoms with Gasteiger partial charge in [0.1, 0.15) is 0 Å². The van der Waals surface area contributed by atoms with Crippen LogP contribution < -0.4 is 5.73 Å². The first-order valence-corrected chi connectivity index (χ1v) is 5.47. The largest absolute Gasteiger partial charge is 0.334 e. The summed E-state index contributed by atoms with van der Waals surface area (Å²) < 4.78 is 3.96. The molecule has 0 bridgehead atoms. The van der Waals surface area contributed by atoms with Gasteiger partial charge in [0, 0.05) is 44.5 Å². The molecule has 0 unspecified atom stereocenters. The van der Waals surface area contributed by atoms with E-state index in [2.05, 4.69) is 14.6 Å². The van der Waals surface area contributed by atoms with Crippen molar-refractivity contribution in [2.45, 2.75) is 19.4 Å². The normalized spacial score (nSPS) is 10.9. The summed E-state index contributed by atoms with van der Waals surface area (Å²) in [5.41, 5.74) is 7.84. The van der Waals surface area contributed by atoms with Gasteiger partial charge in [-0.3, -0.25) is 4.68 Å². The van der Waals surface area contributed by atoms with Crippen LogP contribution in [0.4, 0.5) is 0 Å². The molecule has 0 radical (unpaired) electrons. The third-order valence-electron chi connectivity index (χ3n) is 2.58. The SMILES string of the molecule is Cn1ccc(CCn2cncc2CCN)n1.